The number of hydrogen-bond acceptors (Lipinski definition) is 5. The Balaban J connectivity index is 1.60. The van der Waals surface area contributed by atoms with Crippen molar-refractivity contribution in [3.05, 3.63) is 30.0 Å². The lowest BCUT2D eigenvalue weighted by atomic mass is 9.98. The Hall–Kier alpha value is -1.94. The van der Waals surface area contributed by atoms with Gasteiger partial charge in [0.1, 0.15) is 5.82 Å². The molecule has 0 amide bonds. The van der Waals surface area contributed by atoms with Gasteiger partial charge in [-0.1, -0.05) is 12.1 Å². The molecule has 0 radical (unpaired) electrons. The molecule has 0 unspecified atom stereocenters. The fourth-order valence-electron chi connectivity index (χ4n) is 3.00. The van der Waals surface area contributed by atoms with E-state index in [4.69, 9.17) is 0 Å². The van der Waals surface area contributed by atoms with Gasteiger partial charge in [-0.25, -0.2) is 18.4 Å². The molecule has 3 rings (SSSR count). The fraction of sp³-hybridized carbons (Fsp3) is 0.500. The SMILES string of the molecule is Cc1nc2ccccc2nc1NCC1CCN(S(=O)(=O)C(F)(F)F)CC1. The molecule has 0 atom stereocenters. The summed E-state index contributed by atoms with van der Waals surface area (Å²) in [5.41, 5.74) is -2.95. The van der Waals surface area contributed by atoms with Crippen LogP contribution in [0.4, 0.5) is 19.0 Å². The molecule has 0 bridgehead atoms. The van der Waals surface area contributed by atoms with Crippen molar-refractivity contribution in [1.82, 2.24) is 14.3 Å². The van der Waals surface area contributed by atoms with Gasteiger partial charge in [0, 0.05) is 19.6 Å². The number of benzene rings is 1. The molecule has 1 aromatic heterocycles. The normalized spacial score (nSPS) is 17.5. The summed E-state index contributed by atoms with van der Waals surface area (Å²) in [6.45, 7) is 2.08. The van der Waals surface area contributed by atoms with Crippen LogP contribution >= 0.6 is 0 Å². The first-order valence-corrected chi connectivity index (χ1v) is 9.66. The molecule has 2 heterocycles. The highest BCUT2D eigenvalue weighted by atomic mass is 32.2. The second-order valence-corrected chi connectivity index (χ2v) is 8.25. The summed E-state index contributed by atoms with van der Waals surface area (Å²) in [5.74, 6) is 0.705. The van der Waals surface area contributed by atoms with Gasteiger partial charge in [-0.3, -0.25) is 0 Å². The van der Waals surface area contributed by atoms with E-state index in [2.05, 4.69) is 15.3 Å². The molecule has 0 saturated carbocycles. The van der Waals surface area contributed by atoms with Gasteiger partial charge in [-0.15, -0.1) is 0 Å². The first kappa shape index (κ1) is 18.8. The molecular formula is C16H19F3N4O2S. The summed E-state index contributed by atoms with van der Waals surface area (Å²) < 4.78 is 61.2. The van der Waals surface area contributed by atoms with E-state index >= 15 is 0 Å². The predicted molar refractivity (Wildman–Crippen MR) is 92.0 cm³/mol. The predicted octanol–water partition coefficient (Wildman–Crippen LogP) is 2.91. The monoisotopic (exact) mass is 388 g/mol. The minimum Gasteiger partial charge on any atom is -0.368 e. The van der Waals surface area contributed by atoms with Crippen molar-refractivity contribution in [2.24, 2.45) is 5.92 Å². The van der Waals surface area contributed by atoms with Crippen LogP contribution in [0.25, 0.3) is 11.0 Å². The number of aryl methyl sites for hydroxylation is 1. The van der Waals surface area contributed by atoms with E-state index in [1.54, 1.807) is 0 Å². The Morgan fingerprint density at radius 2 is 1.73 bits per heavy atom. The Morgan fingerprint density at radius 1 is 1.15 bits per heavy atom. The lowest BCUT2D eigenvalue weighted by Crippen LogP contribution is -2.45. The third-order valence-electron chi connectivity index (χ3n) is 4.51. The van der Waals surface area contributed by atoms with Crippen LogP contribution in [0.5, 0.6) is 0 Å². The lowest BCUT2D eigenvalue weighted by Gasteiger charge is -2.31. The van der Waals surface area contributed by atoms with Crippen LogP contribution in [0.15, 0.2) is 24.3 Å². The van der Waals surface area contributed by atoms with E-state index in [9.17, 15) is 21.6 Å². The van der Waals surface area contributed by atoms with Crippen molar-refractivity contribution >= 4 is 26.9 Å². The van der Waals surface area contributed by atoms with Crippen LogP contribution in [0.3, 0.4) is 0 Å². The number of aromatic nitrogens is 2. The zero-order chi connectivity index (χ0) is 18.9. The van der Waals surface area contributed by atoms with Crippen LogP contribution in [0.1, 0.15) is 18.5 Å². The molecule has 1 aliphatic heterocycles. The minimum atomic E-state index is -5.24. The molecule has 6 nitrogen and oxygen atoms in total. The summed E-state index contributed by atoms with van der Waals surface area (Å²) in [4.78, 5) is 8.99. The molecule has 26 heavy (non-hydrogen) atoms. The van der Waals surface area contributed by atoms with Crippen LogP contribution < -0.4 is 5.32 Å². The van der Waals surface area contributed by atoms with Crippen molar-refractivity contribution in [1.29, 1.82) is 0 Å². The van der Waals surface area contributed by atoms with Crippen LogP contribution in [0, 0.1) is 12.8 Å². The molecule has 10 heteroatoms. The average Bonchev–Trinajstić information content (AvgIpc) is 2.59. The van der Waals surface area contributed by atoms with Gasteiger partial charge in [0.25, 0.3) is 0 Å². The van der Waals surface area contributed by atoms with Gasteiger partial charge in [-0.2, -0.15) is 17.5 Å². The van der Waals surface area contributed by atoms with Gasteiger partial charge in [0.15, 0.2) is 0 Å². The number of para-hydroxylation sites is 2. The summed E-state index contributed by atoms with van der Waals surface area (Å²) in [5, 5.41) is 3.19. The number of fused-ring (bicyclic) bond motifs is 1. The number of anilines is 1. The number of nitrogens with zero attached hydrogens (tertiary/aromatic N) is 3. The first-order chi connectivity index (χ1) is 12.2. The van der Waals surface area contributed by atoms with Crippen LogP contribution in [0.2, 0.25) is 0 Å². The van der Waals surface area contributed by atoms with Gasteiger partial charge in [0.2, 0.25) is 0 Å². The van der Waals surface area contributed by atoms with Crippen molar-refractivity contribution in [3.8, 4) is 0 Å². The summed E-state index contributed by atoms with van der Waals surface area (Å²) in [6, 6.07) is 7.47. The quantitative estimate of drug-likeness (QED) is 0.872. The van der Waals surface area contributed by atoms with Crippen molar-refractivity contribution < 1.29 is 21.6 Å². The Morgan fingerprint density at radius 3 is 2.31 bits per heavy atom. The number of rotatable bonds is 4. The Kier molecular flexibility index (Phi) is 5.07. The third-order valence-corrected chi connectivity index (χ3v) is 6.14. The Bertz CT molecular complexity index is 894. The third kappa shape index (κ3) is 3.75. The van der Waals surface area contributed by atoms with E-state index in [1.807, 2.05) is 31.2 Å². The van der Waals surface area contributed by atoms with Gasteiger partial charge in [0.05, 0.1) is 16.7 Å². The highest BCUT2D eigenvalue weighted by Crippen LogP contribution is 2.30. The lowest BCUT2D eigenvalue weighted by molar-refractivity contribution is -0.0496. The van der Waals surface area contributed by atoms with Gasteiger partial charge >= 0.3 is 15.5 Å². The topological polar surface area (TPSA) is 75.2 Å². The number of hydrogen-bond donors (Lipinski definition) is 1. The van der Waals surface area contributed by atoms with E-state index in [0.717, 1.165) is 16.7 Å². The first-order valence-electron chi connectivity index (χ1n) is 8.22. The second kappa shape index (κ2) is 6.99. The highest BCUT2D eigenvalue weighted by molar-refractivity contribution is 7.90. The van der Waals surface area contributed by atoms with Crippen molar-refractivity contribution in [2.45, 2.75) is 25.3 Å². The van der Waals surface area contributed by atoms with Gasteiger partial charge < -0.3 is 5.32 Å². The fourth-order valence-corrected chi connectivity index (χ4v) is 3.98. The number of nitrogens with one attached hydrogen (secondary N) is 1. The average molecular weight is 388 g/mol. The maximum absolute atomic E-state index is 12.6. The molecule has 1 aromatic carbocycles. The van der Waals surface area contributed by atoms with E-state index in [-0.39, 0.29) is 19.0 Å². The molecule has 1 saturated heterocycles. The zero-order valence-electron chi connectivity index (χ0n) is 14.1. The highest BCUT2D eigenvalue weighted by Gasteiger charge is 2.50. The number of alkyl halides is 3. The van der Waals surface area contributed by atoms with Crippen molar-refractivity contribution in [3.63, 3.8) is 0 Å². The smallest absolute Gasteiger partial charge is 0.368 e. The molecule has 1 fully saturated rings. The Labute approximate surface area is 149 Å². The standard InChI is InChI=1S/C16H19F3N4O2S/c1-11-15(22-14-5-3-2-4-13(14)21-11)20-10-12-6-8-23(9-7-12)26(24,25)16(17,18)19/h2-5,12H,6-10H2,1H3,(H,20,22). The number of halogens is 3. The maximum Gasteiger partial charge on any atom is 0.511 e. The van der Waals surface area contributed by atoms with E-state index in [0.29, 0.717) is 29.5 Å². The van der Waals surface area contributed by atoms with E-state index < -0.39 is 15.5 Å². The molecule has 0 aliphatic carbocycles. The number of sulfonamides is 1. The molecule has 1 aliphatic rings. The number of piperidine rings is 1. The molecule has 0 spiro atoms. The van der Waals surface area contributed by atoms with E-state index in [1.165, 1.54) is 0 Å². The molecule has 2 aromatic rings. The van der Waals surface area contributed by atoms with Gasteiger partial charge in [-0.05, 0) is 37.8 Å². The van der Waals surface area contributed by atoms with Crippen LogP contribution in [-0.2, 0) is 10.0 Å². The summed E-state index contributed by atoms with van der Waals surface area (Å²) >= 11 is 0. The molecular weight excluding hydrogens is 369 g/mol. The largest absolute Gasteiger partial charge is 0.511 e. The molecule has 142 valence electrons. The summed E-state index contributed by atoms with van der Waals surface area (Å²) in [6.07, 6.45) is 0.727. The maximum atomic E-state index is 12.6. The summed E-state index contributed by atoms with van der Waals surface area (Å²) in [7, 11) is -5.23. The van der Waals surface area contributed by atoms with Crippen LogP contribution in [-0.4, -0.2) is 47.8 Å². The zero-order valence-corrected chi connectivity index (χ0v) is 14.9. The minimum absolute atomic E-state index is 0.0716. The second-order valence-electron chi connectivity index (χ2n) is 6.32. The molecule has 1 N–H and O–H groups in total. The van der Waals surface area contributed by atoms with Crippen molar-refractivity contribution in [2.75, 3.05) is 25.0 Å².